The summed E-state index contributed by atoms with van der Waals surface area (Å²) in [5.41, 5.74) is 5.28. The molecular weight excluding hydrogens is 416 g/mol. The molecule has 0 fully saturated rings. The SMILES string of the molecule is CC(C)c1ccc(OCC(=O)NN=Cc2ccc(OC(=O)C=Cc3ccccc3)cc2)cc1. The number of esters is 1. The average molecular weight is 443 g/mol. The summed E-state index contributed by atoms with van der Waals surface area (Å²) in [4.78, 5) is 23.8. The molecular formula is C27H26N2O4. The molecule has 0 radical (unpaired) electrons. The largest absolute Gasteiger partial charge is 0.484 e. The average Bonchev–Trinajstić information content (AvgIpc) is 2.83. The third-order valence-corrected chi connectivity index (χ3v) is 4.63. The Balaban J connectivity index is 1.41. The van der Waals surface area contributed by atoms with Gasteiger partial charge in [-0.3, -0.25) is 4.79 Å². The molecule has 3 rings (SSSR count). The van der Waals surface area contributed by atoms with Crippen LogP contribution in [0, 0.1) is 0 Å². The number of hydrogen-bond donors (Lipinski definition) is 1. The van der Waals surface area contributed by atoms with E-state index in [1.54, 1.807) is 30.3 Å². The van der Waals surface area contributed by atoms with E-state index in [2.05, 4.69) is 24.4 Å². The van der Waals surface area contributed by atoms with Gasteiger partial charge in [-0.15, -0.1) is 0 Å². The Bertz CT molecular complexity index is 1100. The number of carbonyl (C=O) groups is 2. The summed E-state index contributed by atoms with van der Waals surface area (Å²) in [6.45, 7) is 4.10. The van der Waals surface area contributed by atoms with Crippen LogP contribution in [0.1, 0.15) is 36.5 Å². The maximum Gasteiger partial charge on any atom is 0.336 e. The minimum Gasteiger partial charge on any atom is -0.484 e. The first-order valence-electron chi connectivity index (χ1n) is 10.6. The Kier molecular flexibility index (Phi) is 8.54. The van der Waals surface area contributed by atoms with Crippen molar-refractivity contribution in [2.75, 3.05) is 6.61 Å². The van der Waals surface area contributed by atoms with Gasteiger partial charge < -0.3 is 9.47 Å². The van der Waals surface area contributed by atoms with Crippen LogP contribution in [0.25, 0.3) is 6.08 Å². The van der Waals surface area contributed by atoms with Crippen LogP contribution in [0.3, 0.4) is 0 Å². The predicted octanol–water partition coefficient (Wildman–Crippen LogP) is 4.96. The van der Waals surface area contributed by atoms with E-state index in [1.165, 1.54) is 17.9 Å². The summed E-state index contributed by atoms with van der Waals surface area (Å²) in [6, 6.07) is 23.9. The fraction of sp³-hybridized carbons (Fsp3) is 0.148. The molecule has 168 valence electrons. The second-order valence-electron chi connectivity index (χ2n) is 7.54. The maximum atomic E-state index is 11.9. The monoisotopic (exact) mass is 442 g/mol. The summed E-state index contributed by atoms with van der Waals surface area (Å²) in [5, 5.41) is 3.92. The molecule has 0 bridgehead atoms. The number of hydrogen-bond acceptors (Lipinski definition) is 5. The zero-order valence-corrected chi connectivity index (χ0v) is 18.6. The number of carbonyl (C=O) groups excluding carboxylic acids is 2. The van der Waals surface area contributed by atoms with E-state index >= 15 is 0 Å². The van der Waals surface area contributed by atoms with Gasteiger partial charge in [0.1, 0.15) is 11.5 Å². The lowest BCUT2D eigenvalue weighted by Crippen LogP contribution is -2.24. The lowest BCUT2D eigenvalue weighted by atomic mass is 10.0. The number of amides is 1. The van der Waals surface area contributed by atoms with Gasteiger partial charge in [0.15, 0.2) is 6.61 Å². The number of hydrazone groups is 1. The van der Waals surface area contributed by atoms with Crippen molar-refractivity contribution in [1.82, 2.24) is 5.43 Å². The highest BCUT2D eigenvalue weighted by Gasteiger charge is 2.04. The van der Waals surface area contributed by atoms with Crippen molar-refractivity contribution in [3.63, 3.8) is 0 Å². The first kappa shape index (κ1) is 23.5. The molecule has 6 nitrogen and oxygen atoms in total. The fourth-order valence-electron chi connectivity index (χ4n) is 2.81. The van der Waals surface area contributed by atoms with Crippen molar-refractivity contribution in [2.24, 2.45) is 5.10 Å². The molecule has 0 unspecified atom stereocenters. The van der Waals surface area contributed by atoms with Crippen LogP contribution < -0.4 is 14.9 Å². The Hall–Kier alpha value is -4.19. The fourth-order valence-corrected chi connectivity index (χ4v) is 2.81. The van der Waals surface area contributed by atoms with Crippen molar-refractivity contribution in [2.45, 2.75) is 19.8 Å². The topological polar surface area (TPSA) is 77.0 Å². The van der Waals surface area contributed by atoms with Gasteiger partial charge in [-0.25, -0.2) is 10.2 Å². The highest BCUT2D eigenvalue weighted by Crippen LogP contribution is 2.18. The summed E-state index contributed by atoms with van der Waals surface area (Å²) >= 11 is 0. The molecule has 0 heterocycles. The minimum absolute atomic E-state index is 0.135. The van der Waals surface area contributed by atoms with Crippen LogP contribution in [0.4, 0.5) is 0 Å². The third-order valence-electron chi connectivity index (χ3n) is 4.63. The molecule has 1 N–H and O–H groups in total. The first-order chi connectivity index (χ1) is 16.0. The Labute approximate surface area is 193 Å². The van der Waals surface area contributed by atoms with E-state index in [0.717, 1.165) is 11.1 Å². The second kappa shape index (κ2) is 12.0. The van der Waals surface area contributed by atoms with Gasteiger partial charge in [-0.2, -0.15) is 5.10 Å². The quantitative estimate of drug-likeness (QED) is 0.167. The van der Waals surface area contributed by atoms with Gasteiger partial charge in [0, 0.05) is 6.08 Å². The van der Waals surface area contributed by atoms with Crippen LogP contribution in [0.5, 0.6) is 11.5 Å². The summed E-state index contributed by atoms with van der Waals surface area (Å²) in [5.74, 6) is 0.647. The smallest absolute Gasteiger partial charge is 0.336 e. The summed E-state index contributed by atoms with van der Waals surface area (Å²) < 4.78 is 10.7. The molecule has 6 heteroatoms. The molecule has 1 amide bonds. The standard InChI is InChI=1S/C27H26N2O4/c1-20(2)23-11-15-24(16-12-23)32-19-26(30)29-28-18-22-8-13-25(14-9-22)33-27(31)17-10-21-6-4-3-5-7-21/h3-18,20H,19H2,1-2H3,(H,29,30). The normalized spacial score (nSPS) is 11.1. The highest BCUT2D eigenvalue weighted by molar-refractivity contribution is 5.89. The van der Waals surface area contributed by atoms with Crippen molar-refractivity contribution in [3.05, 3.63) is 102 Å². The molecule has 0 aliphatic heterocycles. The van der Waals surface area contributed by atoms with Crippen LogP contribution in [-0.2, 0) is 9.59 Å². The van der Waals surface area contributed by atoms with E-state index in [-0.39, 0.29) is 12.5 Å². The molecule has 33 heavy (non-hydrogen) atoms. The van der Waals surface area contributed by atoms with Crippen molar-refractivity contribution in [1.29, 1.82) is 0 Å². The summed E-state index contributed by atoms with van der Waals surface area (Å²) in [6.07, 6.45) is 4.56. The Morgan fingerprint density at radius 2 is 1.55 bits per heavy atom. The van der Waals surface area contributed by atoms with E-state index in [4.69, 9.17) is 9.47 Å². The number of rotatable bonds is 9. The molecule has 0 saturated carbocycles. The van der Waals surface area contributed by atoms with Crippen LogP contribution in [0.2, 0.25) is 0 Å². The zero-order valence-electron chi connectivity index (χ0n) is 18.6. The molecule has 0 spiro atoms. The molecule has 3 aromatic rings. The van der Waals surface area contributed by atoms with Gasteiger partial charge >= 0.3 is 5.97 Å². The molecule has 0 aliphatic rings. The number of nitrogens with one attached hydrogen (secondary N) is 1. The van der Waals surface area contributed by atoms with E-state index < -0.39 is 5.97 Å². The number of benzene rings is 3. The van der Waals surface area contributed by atoms with Gasteiger partial charge in [0.25, 0.3) is 5.91 Å². The van der Waals surface area contributed by atoms with E-state index in [9.17, 15) is 9.59 Å². The van der Waals surface area contributed by atoms with E-state index in [1.807, 2.05) is 54.6 Å². The summed E-state index contributed by atoms with van der Waals surface area (Å²) in [7, 11) is 0. The molecule has 0 aromatic heterocycles. The van der Waals surface area contributed by atoms with Crippen molar-refractivity contribution in [3.8, 4) is 11.5 Å². The predicted molar refractivity (Wildman–Crippen MR) is 129 cm³/mol. The van der Waals surface area contributed by atoms with Gasteiger partial charge in [-0.1, -0.05) is 56.3 Å². The van der Waals surface area contributed by atoms with Crippen LogP contribution in [-0.4, -0.2) is 24.7 Å². The zero-order chi connectivity index (χ0) is 23.5. The first-order valence-corrected chi connectivity index (χ1v) is 10.6. The van der Waals surface area contributed by atoms with Crippen molar-refractivity contribution >= 4 is 24.2 Å². The second-order valence-corrected chi connectivity index (χ2v) is 7.54. The van der Waals surface area contributed by atoms with E-state index in [0.29, 0.717) is 17.4 Å². The van der Waals surface area contributed by atoms with Crippen molar-refractivity contribution < 1.29 is 19.1 Å². The lowest BCUT2D eigenvalue weighted by molar-refractivity contribution is -0.129. The molecule has 0 aliphatic carbocycles. The third kappa shape index (κ3) is 8.10. The highest BCUT2D eigenvalue weighted by atomic mass is 16.5. The van der Waals surface area contributed by atoms with Crippen LogP contribution >= 0.6 is 0 Å². The van der Waals surface area contributed by atoms with Gasteiger partial charge in [0.2, 0.25) is 0 Å². The Morgan fingerprint density at radius 3 is 2.21 bits per heavy atom. The number of ether oxygens (including phenoxy) is 2. The molecule has 0 saturated heterocycles. The maximum absolute atomic E-state index is 11.9. The van der Waals surface area contributed by atoms with Gasteiger partial charge in [0.05, 0.1) is 6.21 Å². The van der Waals surface area contributed by atoms with Crippen LogP contribution in [0.15, 0.2) is 90.0 Å². The Morgan fingerprint density at radius 1 is 0.879 bits per heavy atom. The minimum atomic E-state index is -0.466. The molecule has 3 aromatic carbocycles. The van der Waals surface area contributed by atoms with Gasteiger partial charge in [-0.05, 0) is 65.1 Å². The number of nitrogens with zero attached hydrogens (tertiary/aromatic N) is 1. The molecule has 0 atom stereocenters. The lowest BCUT2D eigenvalue weighted by Gasteiger charge is -2.08.